The molecule has 0 radical (unpaired) electrons. The third kappa shape index (κ3) is 1.31. The van der Waals surface area contributed by atoms with Gasteiger partial charge in [-0.3, -0.25) is 14.7 Å². The van der Waals surface area contributed by atoms with E-state index >= 15 is 0 Å². The van der Waals surface area contributed by atoms with Gasteiger partial charge in [0, 0.05) is 0 Å². The van der Waals surface area contributed by atoms with Crippen molar-refractivity contribution in [3.63, 3.8) is 0 Å². The fourth-order valence-corrected chi connectivity index (χ4v) is 2.55. The van der Waals surface area contributed by atoms with Crippen LogP contribution in [0.2, 0.25) is 0 Å². The van der Waals surface area contributed by atoms with Gasteiger partial charge in [-0.2, -0.15) is 10.4 Å². The lowest BCUT2D eigenvalue weighted by Crippen LogP contribution is -2.31. The van der Waals surface area contributed by atoms with Crippen LogP contribution in [0.1, 0.15) is 18.4 Å². The van der Waals surface area contributed by atoms with E-state index in [0.29, 0.717) is 12.8 Å². The number of anilines is 1. The lowest BCUT2D eigenvalue weighted by atomic mass is 9.85. The van der Waals surface area contributed by atoms with Crippen LogP contribution >= 0.6 is 0 Å². The molecule has 90 valence electrons. The lowest BCUT2D eigenvalue weighted by Gasteiger charge is -2.14. The normalized spacial score (nSPS) is 26.3. The number of carbonyl (C=O) groups is 2. The molecule has 3 rings (SSSR count). The third-order valence-electron chi connectivity index (χ3n) is 3.47. The van der Waals surface area contributed by atoms with Crippen LogP contribution in [0.5, 0.6) is 0 Å². The first-order chi connectivity index (χ1) is 8.74. The van der Waals surface area contributed by atoms with Crippen molar-refractivity contribution in [3.8, 4) is 6.07 Å². The maximum absolute atomic E-state index is 12.2. The molecule has 1 fully saturated rings. The van der Waals surface area contributed by atoms with E-state index in [1.54, 1.807) is 0 Å². The highest BCUT2D eigenvalue weighted by Crippen LogP contribution is 2.37. The van der Waals surface area contributed by atoms with Crippen LogP contribution in [0.3, 0.4) is 0 Å². The minimum absolute atomic E-state index is 0.196. The first kappa shape index (κ1) is 10.7. The van der Waals surface area contributed by atoms with Crippen molar-refractivity contribution in [2.24, 2.45) is 11.8 Å². The number of imide groups is 1. The molecule has 1 N–H and O–H groups in total. The Hall–Kier alpha value is -2.42. The SMILES string of the molecule is N#Cc1cn[nH]c1N1C(=O)C2CC=CCC2C1=O. The second-order valence-corrected chi connectivity index (χ2v) is 4.41. The molecule has 2 amide bonds. The van der Waals surface area contributed by atoms with E-state index in [1.807, 2.05) is 18.2 Å². The molecule has 1 aromatic rings. The summed E-state index contributed by atoms with van der Waals surface area (Å²) in [6.45, 7) is 0. The first-order valence-corrected chi connectivity index (χ1v) is 5.70. The van der Waals surface area contributed by atoms with Crippen LogP contribution in [0.4, 0.5) is 5.82 Å². The van der Waals surface area contributed by atoms with Crippen LogP contribution in [0.25, 0.3) is 0 Å². The number of hydrogen-bond acceptors (Lipinski definition) is 4. The number of aromatic amines is 1. The smallest absolute Gasteiger partial charge is 0.239 e. The Bertz CT molecular complexity index is 569. The average Bonchev–Trinajstić information content (AvgIpc) is 2.95. The molecule has 6 nitrogen and oxygen atoms in total. The van der Waals surface area contributed by atoms with Gasteiger partial charge in [0.15, 0.2) is 5.82 Å². The van der Waals surface area contributed by atoms with Gasteiger partial charge in [-0.15, -0.1) is 0 Å². The summed E-state index contributed by atoms with van der Waals surface area (Å²) in [5.74, 6) is -0.873. The molecule has 0 saturated carbocycles. The molecule has 2 unspecified atom stereocenters. The van der Waals surface area contributed by atoms with Crippen LogP contribution in [0.15, 0.2) is 18.3 Å². The number of hydrogen-bond donors (Lipinski definition) is 1. The molecular weight excluding hydrogens is 232 g/mol. The third-order valence-corrected chi connectivity index (χ3v) is 3.47. The number of carbonyl (C=O) groups excluding carboxylic acids is 2. The Balaban J connectivity index is 2.02. The zero-order chi connectivity index (χ0) is 12.7. The highest BCUT2D eigenvalue weighted by Gasteiger charge is 2.48. The van der Waals surface area contributed by atoms with Crippen molar-refractivity contribution in [1.82, 2.24) is 10.2 Å². The van der Waals surface area contributed by atoms with Gasteiger partial charge in [0.05, 0.1) is 18.0 Å². The van der Waals surface area contributed by atoms with E-state index in [4.69, 9.17) is 5.26 Å². The summed E-state index contributed by atoms with van der Waals surface area (Å²) in [7, 11) is 0. The van der Waals surface area contributed by atoms with Crippen LogP contribution in [-0.4, -0.2) is 22.0 Å². The summed E-state index contributed by atoms with van der Waals surface area (Å²) in [5, 5.41) is 15.2. The average molecular weight is 242 g/mol. The minimum atomic E-state index is -0.294. The van der Waals surface area contributed by atoms with Gasteiger partial charge in [0.2, 0.25) is 11.8 Å². The van der Waals surface area contributed by atoms with Crippen molar-refractivity contribution in [2.45, 2.75) is 12.8 Å². The predicted molar refractivity (Wildman–Crippen MR) is 61.1 cm³/mol. The highest BCUT2D eigenvalue weighted by atomic mass is 16.2. The van der Waals surface area contributed by atoms with Crippen molar-refractivity contribution < 1.29 is 9.59 Å². The van der Waals surface area contributed by atoms with Gasteiger partial charge in [0.25, 0.3) is 0 Å². The largest absolute Gasteiger partial charge is 0.274 e. The summed E-state index contributed by atoms with van der Waals surface area (Å²) in [6.07, 6.45) is 6.33. The number of amides is 2. The van der Waals surface area contributed by atoms with E-state index in [1.165, 1.54) is 6.20 Å². The molecule has 0 bridgehead atoms. The number of nitrogens with one attached hydrogen (secondary N) is 1. The second-order valence-electron chi connectivity index (χ2n) is 4.41. The van der Waals surface area contributed by atoms with E-state index in [0.717, 1.165) is 4.90 Å². The van der Waals surface area contributed by atoms with E-state index < -0.39 is 0 Å². The summed E-state index contributed by atoms with van der Waals surface area (Å²) in [4.78, 5) is 25.5. The molecule has 1 aromatic heterocycles. The van der Waals surface area contributed by atoms with E-state index in [9.17, 15) is 9.59 Å². The zero-order valence-electron chi connectivity index (χ0n) is 9.46. The number of allylic oxidation sites excluding steroid dienone is 2. The molecule has 0 aromatic carbocycles. The van der Waals surface area contributed by atoms with E-state index in [2.05, 4.69) is 10.2 Å². The monoisotopic (exact) mass is 242 g/mol. The molecule has 2 heterocycles. The second kappa shape index (κ2) is 3.81. The number of nitriles is 1. The summed E-state index contributed by atoms with van der Waals surface area (Å²) in [5.41, 5.74) is 0.211. The molecule has 18 heavy (non-hydrogen) atoms. The minimum Gasteiger partial charge on any atom is -0.274 e. The first-order valence-electron chi connectivity index (χ1n) is 5.70. The highest BCUT2D eigenvalue weighted by molar-refractivity contribution is 6.22. The Morgan fingerprint density at radius 2 is 1.89 bits per heavy atom. The van der Waals surface area contributed by atoms with Gasteiger partial charge < -0.3 is 0 Å². The molecule has 2 aliphatic rings. The Morgan fingerprint density at radius 3 is 2.44 bits per heavy atom. The van der Waals surface area contributed by atoms with Gasteiger partial charge in [0.1, 0.15) is 11.6 Å². The fourth-order valence-electron chi connectivity index (χ4n) is 2.55. The Morgan fingerprint density at radius 1 is 1.28 bits per heavy atom. The Labute approximate surface area is 103 Å². The van der Waals surface area contributed by atoms with E-state index in [-0.39, 0.29) is 35.0 Å². The topological polar surface area (TPSA) is 89.8 Å². The van der Waals surface area contributed by atoms with Crippen LogP contribution in [0, 0.1) is 23.2 Å². The fraction of sp³-hybridized carbons (Fsp3) is 0.333. The molecule has 0 spiro atoms. The van der Waals surface area contributed by atoms with Crippen molar-refractivity contribution in [3.05, 3.63) is 23.9 Å². The number of aromatic nitrogens is 2. The predicted octanol–water partition coefficient (Wildman–Crippen LogP) is 0.737. The Kier molecular flexibility index (Phi) is 2.27. The lowest BCUT2D eigenvalue weighted by molar-refractivity contribution is -0.122. The van der Waals surface area contributed by atoms with Crippen molar-refractivity contribution in [1.29, 1.82) is 5.26 Å². The summed E-state index contributed by atoms with van der Waals surface area (Å²) >= 11 is 0. The number of fused-ring (bicyclic) bond motifs is 1. The van der Waals surface area contributed by atoms with Crippen molar-refractivity contribution >= 4 is 17.6 Å². The molecule has 1 aliphatic carbocycles. The van der Waals surface area contributed by atoms with Crippen LogP contribution in [-0.2, 0) is 9.59 Å². The number of H-pyrrole nitrogens is 1. The zero-order valence-corrected chi connectivity index (χ0v) is 9.46. The van der Waals surface area contributed by atoms with Gasteiger partial charge >= 0.3 is 0 Å². The van der Waals surface area contributed by atoms with Gasteiger partial charge in [-0.1, -0.05) is 12.2 Å². The van der Waals surface area contributed by atoms with Crippen molar-refractivity contribution in [2.75, 3.05) is 4.90 Å². The standard InChI is InChI=1S/C12H10N4O2/c13-5-7-6-14-15-10(7)16-11(17)8-3-1-2-4-9(8)12(16)18/h1-2,6,8-9H,3-4H2,(H,14,15). The molecule has 2 atom stereocenters. The molecule has 1 aliphatic heterocycles. The maximum Gasteiger partial charge on any atom is 0.239 e. The number of rotatable bonds is 1. The van der Waals surface area contributed by atoms with Gasteiger partial charge in [-0.05, 0) is 12.8 Å². The molecule has 6 heteroatoms. The van der Waals surface area contributed by atoms with Crippen LogP contribution < -0.4 is 4.90 Å². The molecule has 1 saturated heterocycles. The summed E-state index contributed by atoms with van der Waals surface area (Å²) < 4.78 is 0. The maximum atomic E-state index is 12.2. The molecular formula is C12H10N4O2. The summed E-state index contributed by atoms with van der Waals surface area (Å²) in [6, 6.07) is 1.92. The number of nitrogens with zero attached hydrogens (tertiary/aromatic N) is 3. The van der Waals surface area contributed by atoms with Gasteiger partial charge in [-0.25, -0.2) is 4.90 Å². The quantitative estimate of drug-likeness (QED) is 0.580.